The number of hydrogen-bond acceptors (Lipinski definition) is 6. The normalized spacial score (nSPS) is 19.1. The highest BCUT2D eigenvalue weighted by atomic mass is 16.5. The van der Waals surface area contributed by atoms with Crippen LogP contribution in [0.25, 0.3) is 11.3 Å². The number of carbonyl (C=O) groups is 1. The topological polar surface area (TPSA) is 96.9 Å². The lowest BCUT2D eigenvalue weighted by Gasteiger charge is -2.29. The molecule has 0 spiro atoms. The lowest BCUT2D eigenvalue weighted by Crippen LogP contribution is -2.36. The van der Waals surface area contributed by atoms with Crippen LogP contribution in [0.3, 0.4) is 0 Å². The SMILES string of the molecule is CCCCCOc1ccc(C2c3c(-c4ccccc4O)n[nH]c3C(=O)N2CC2CCCO2)cc1OC. The van der Waals surface area contributed by atoms with Gasteiger partial charge in [0.1, 0.15) is 17.1 Å². The van der Waals surface area contributed by atoms with Crippen molar-refractivity contribution in [1.29, 1.82) is 0 Å². The average Bonchev–Trinajstić information content (AvgIpc) is 3.62. The first-order valence-electron chi connectivity index (χ1n) is 12.7. The number of nitrogens with zero attached hydrogens (tertiary/aromatic N) is 2. The van der Waals surface area contributed by atoms with Gasteiger partial charge in [-0.2, -0.15) is 5.10 Å². The molecule has 2 aliphatic heterocycles. The third-order valence-corrected chi connectivity index (χ3v) is 6.96. The molecule has 1 amide bonds. The molecule has 5 rings (SSSR count). The highest BCUT2D eigenvalue weighted by Gasteiger charge is 2.44. The number of phenols is 1. The maximum Gasteiger partial charge on any atom is 0.273 e. The molecule has 1 fully saturated rings. The molecular weight excluding hydrogens is 458 g/mol. The van der Waals surface area contributed by atoms with Gasteiger partial charge < -0.3 is 24.2 Å². The second-order valence-electron chi connectivity index (χ2n) is 9.34. The van der Waals surface area contributed by atoms with Crippen LogP contribution in [0.1, 0.15) is 66.7 Å². The molecule has 1 saturated heterocycles. The Kier molecular flexibility index (Phi) is 7.13. The highest BCUT2D eigenvalue weighted by molar-refractivity contribution is 6.00. The first kappa shape index (κ1) is 24.2. The molecular formula is C28H33N3O5. The third-order valence-electron chi connectivity index (χ3n) is 6.96. The van der Waals surface area contributed by atoms with Crippen LogP contribution >= 0.6 is 0 Å². The minimum Gasteiger partial charge on any atom is -0.507 e. The zero-order valence-electron chi connectivity index (χ0n) is 20.8. The Labute approximate surface area is 211 Å². The molecule has 3 heterocycles. The van der Waals surface area contributed by atoms with Crippen molar-refractivity contribution in [3.63, 3.8) is 0 Å². The number of aromatic nitrogens is 2. The van der Waals surface area contributed by atoms with Crippen molar-refractivity contribution in [1.82, 2.24) is 15.1 Å². The fraction of sp³-hybridized carbons (Fsp3) is 0.429. The van der Waals surface area contributed by atoms with E-state index >= 15 is 0 Å². The van der Waals surface area contributed by atoms with Crippen LogP contribution in [0.4, 0.5) is 0 Å². The summed E-state index contributed by atoms with van der Waals surface area (Å²) in [5.41, 5.74) is 3.22. The fourth-order valence-corrected chi connectivity index (χ4v) is 5.13. The van der Waals surface area contributed by atoms with Gasteiger partial charge in [0.2, 0.25) is 0 Å². The average molecular weight is 492 g/mol. The second-order valence-corrected chi connectivity index (χ2v) is 9.34. The number of ether oxygens (including phenoxy) is 3. The number of fused-ring (bicyclic) bond motifs is 1. The van der Waals surface area contributed by atoms with E-state index in [0.717, 1.165) is 43.2 Å². The number of amides is 1. The summed E-state index contributed by atoms with van der Waals surface area (Å²) in [7, 11) is 1.62. The van der Waals surface area contributed by atoms with Gasteiger partial charge in [0.05, 0.1) is 25.9 Å². The van der Waals surface area contributed by atoms with E-state index in [0.29, 0.717) is 48.2 Å². The van der Waals surface area contributed by atoms with Crippen molar-refractivity contribution in [2.24, 2.45) is 0 Å². The lowest BCUT2D eigenvalue weighted by molar-refractivity contribution is 0.0495. The standard InChI is InChI=1S/C28H33N3O5/c1-3-4-7-14-36-22-13-12-18(16-23(22)34-2)27-24-25(20-10-5-6-11-21(20)32)29-30-26(24)28(33)31(27)17-19-9-8-15-35-19/h5-6,10-13,16,19,27,32H,3-4,7-9,14-15,17H2,1-2H3,(H,29,30). The number of benzene rings is 2. The van der Waals surface area contributed by atoms with Crippen molar-refractivity contribution in [2.45, 2.75) is 51.2 Å². The van der Waals surface area contributed by atoms with Crippen LogP contribution in [0.15, 0.2) is 42.5 Å². The molecule has 0 radical (unpaired) electrons. The number of rotatable bonds is 10. The zero-order chi connectivity index (χ0) is 25.1. The number of nitrogens with one attached hydrogen (secondary N) is 1. The molecule has 36 heavy (non-hydrogen) atoms. The molecule has 0 aliphatic carbocycles. The number of aromatic amines is 1. The monoisotopic (exact) mass is 491 g/mol. The van der Waals surface area contributed by atoms with Crippen molar-refractivity contribution >= 4 is 5.91 Å². The van der Waals surface area contributed by atoms with Gasteiger partial charge in [0.25, 0.3) is 5.91 Å². The molecule has 2 aliphatic rings. The Morgan fingerprint density at radius 2 is 2.06 bits per heavy atom. The van der Waals surface area contributed by atoms with Crippen molar-refractivity contribution in [2.75, 3.05) is 26.9 Å². The molecule has 3 aromatic rings. The fourth-order valence-electron chi connectivity index (χ4n) is 5.13. The smallest absolute Gasteiger partial charge is 0.273 e. The van der Waals surface area contributed by atoms with Gasteiger partial charge in [-0.05, 0) is 49.1 Å². The third kappa shape index (κ3) is 4.53. The van der Waals surface area contributed by atoms with Crippen LogP contribution in [-0.2, 0) is 4.74 Å². The first-order valence-corrected chi connectivity index (χ1v) is 12.7. The van der Waals surface area contributed by atoms with Gasteiger partial charge in [-0.25, -0.2) is 0 Å². The maximum absolute atomic E-state index is 13.6. The summed E-state index contributed by atoms with van der Waals surface area (Å²) < 4.78 is 17.6. The number of aromatic hydroxyl groups is 1. The van der Waals surface area contributed by atoms with Crippen molar-refractivity contribution in [3.8, 4) is 28.5 Å². The number of hydrogen-bond donors (Lipinski definition) is 2. The maximum atomic E-state index is 13.6. The Hall–Kier alpha value is -3.52. The number of para-hydroxylation sites is 1. The summed E-state index contributed by atoms with van der Waals surface area (Å²) in [6.45, 7) is 3.98. The molecule has 1 aromatic heterocycles. The first-order chi connectivity index (χ1) is 17.6. The van der Waals surface area contributed by atoms with E-state index in [1.807, 2.05) is 35.2 Å². The Morgan fingerprint density at radius 3 is 2.81 bits per heavy atom. The van der Waals surface area contributed by atoms with E-state index in [9.17, 15) is 9.90 Å². The molecule has 0 bridgehead atoms. The Bertz CT molecular complexity index is 1220. The summed E-state index contributed by atoms with van der Waals surface area (Å²) in [6.07, 6.45) is 5.12. The summed E-state index contributed by atoms with van der Waals surface area (Å²) in [5, 5.41) is 18.0. The lowest BCUT2D eigenvalue weighted by atomic mass is 9.95. The van der Waals surface area contributed by atoms with Gasteiger partial charge in [0.15, 0.2) is 11.5 Å². The summed E-state index contributed by atoms with van der Waals surface area (Å²) in [4.78, 5) is 15.4. The summed E-state index contributed by atoms with van der Waals surface area (Å²) in [6, 6.07) is 12.5. The minimum absolute atomic E-state index is 0.00920. The molecule has 8 heteroatoms. The Balaban J connectivity index is 1.55. The zero-order valence-corrected chi connectivity index (χ0v) is 20.8. The molecule has 2 atom stereocenters. The number of carbonyl (C=O) groups excluding carboxylic acids is 1. The van der Waals surface area contributed by atoms with Crippen LogP contribution in [-0.4, -0.2) is 59.1 Å². The number of methoxy groups -OCH3 is 1. The quantitative estimate of drug-likeness (QED) is 0.384. The van der Waals surface area contributed by atoms with Crippen LogP contribution in [0.5, 0.6) is 17.2 Å². The summed E-state index contributed by atoms with van der Waals surface area (Å²) in [5.74, 6) is 1.29. The number of unbranched alkanes of at least 4 members (excludes halogenated alkanes) is 2. The molecule has 2 unspecified atom stereocenters. The van der Waals surface area contributed by atoms with E-state index in [1.165, 1.54) is 0 Å². The highest BCUT2D eigenvalue weighted by Crippen LogP contribution is 2.46. The number of phenolic OH excluding ortho intramolecular Hbond substituents is 1. The van der Waals surface area contributed by atoms with E-state index in [2.05, 4.69) is 17.1 Å². The summed E-state index contributed by atoms with van der Waals surface area (Å²) >= 11 is 0. The second kappa shape index (κ2) is 10.6. The van der Waals surface area contributed by atoms with Crippen molar-refractivity contribution < 1.29 is 24.1 Å². The van der Waals surface area contributed by atoms with Crippen LogP contribution in [0.2, 0.25) is 0 Å². The van der Waals surface area contributed by atoms with E-state index in [4.69, 9.17) is 14.2 Å². The van der Waals surface area contributed by atoms with Gasteiger partial charge in [0, 0.05) is 24.3 Å². The minimum atomic E-state index is -0.409. The van der Waals surface area contributed by atoms with Gasteiger partial charge >= 0.3 is 0 Å². The van der Waals surface area contributed by atoms with Crippen molar-refractivity contribution in [3.05, 3.63) is 59.3 Å². The van der Waals surface area contributed by atoms with E-state index in [-0.39, 0.29) is 17.8 Å². The molecule has 0 saturated carbocycles. The molecule has 2 N–H and O–H groups in total. The van der Waals surface area contributed by atoms with Crippen LogP contribution < -0.4 is 9.47 Å². The Morgan fingerprint density at radius 1 is 1.19 bits per heavy atom. The molecule has 190 valence electrons. The van der Waals surface area contributed by atoms with Gasteiger partial charge in [-0.15, -0.1) is 0 Å². The molecule has 8 nitrogen and oxygen atoms in total. The van der Waals surface area contributed by atoms with Gasteiger partial charge in [-0.3, -0.25) is 9.89 Å². The number of H-pyrrole nitrogens is 1. The largest absolute Gasteiger partial charge is 0.507 e. The predicted molar refractivity (Wildman–Crippen MR) is 136 cm³/mol. The van der Waals surface area contributed by atoms with Crippen LogP contribution in [0, 0.1) is 0 Å². The predicted octanol–water partition coefficient (Wildman–Crippen LogP) is 5.08. The molecule has 2 aromatic carbocycles. The van der Waals surface area contributed by atoms with E-state index in [1.54, 1.807) is 19.2 Å². The van der Waals surface area contributed by atoms with Gasteiger partial charge in [-0.1, -0.05) is 38.0 Å². The van der Waals surface area contributed by atoms with E-state index < -0.39 is 6.04 Å².